The molecule has 0 amide bonds. The Morgan fingerprint density at radius 1 is 1.62 bits per heavy atom. The van der Waals surface area contributed by atoms with Crippen molar-refractivity contribution in [1.29, 1.82) is 0 Å². The van der Waals surface area contributed by atoms with Gasteiger partial charge in [0.1, 0.15) is 0 Å². The highest BCUT2D eigenvalue weighted by molar-refractivity contribution is 4.69. The highest BCUT2D eigenvalue weighted by atomic mass is 16.5. The van der Waals surface area contributed by atoms with Crippen LogP contribution in [-0.4, -0.2) is 52.6 Å². The Morgan fingerprint density at radius 3 is 3.23 bits per heavy atom. The lowest BCUT2D eigenvalue weighted by atomic mass is 10.3. The summed E-state index contributed by atoms with van der Waals surface area (Å²) in [5, 5.41) is 6.64. The van der Waals surface area contributed by atoms with Crippen molar-refractivity contribution in [2.75, 3.05) is 46.5 Å². The second-order valence-electron chi connectivity index (χ2n) is 3.25. The highest BCUT2D eigenvalue weighted by Gasteiger charge is 2.11. The second-order valence-corrected chi connectivity index (χ2v) is 3.25. The first-order chi connectivity index (χ1) is 6.43. The molecule has 4 heteroatoms. The van der Waals surface area contributed by atoms with Crippen molar-refractivity contribution in [2.45, 2.75) is 12.5 Å². The molecule has 0 aromatic carbocycles. The number of morpholine rings is 1. The molecule has 0 spiro atoms. The van der Waals surface area contributed by atoms with E-state index in [0.29, 0.717) is 6.10 Å². The molecule has 78 valence electrons. The van der Waals surface area contributed by atoms with E-state index in [4.69, 9.17) is 9.47 Å². The fourth-order valence-electron chi connectivity index (χ4n) is 1.36. The maximum atomic E-state index is 5.53. The minimum Gasteiger partial charge on any atom is -0.385 e. The molecule has 2 N–H and O–H groups in total. The standard InChI is InChI=1S/C9H20N2O2/c1-12-5-2-3-10-7-9-8-11-4-6-13-9/h9-11H,2-8H2,1H3. The van der Waals surface area contributed by atoms with Crippen LogP contribution in [0, 0.1) is 0 Å². The first kappa shape index (κ1) is 10.9. The predicted octanol–water partition coefficient (Wildman–Crippen LogP) is -0.399. The third kappa shape index (κ3) is 5.21. The first-order valence-corrected chi connectivity index (χ1v) is 4.95. The topological polar surface area (TPSA) is 42.5 Å². The number of nitrogens with one attached hydrogen (secondary N) is 2. The van der Waals surface area contributed by atoms with Gasteiger partial charge in [0, 0.05) is 33.4 Å². The fraction of sp³-hybridized carbons (Fsp3) is 1.00. The van der Waals surface area contributed by atoms with Crippen LogP contribution in [0.1, 0.15) is 6.42 Å². The third-order valence-corrected chi connectivity index (χ3v) is 2.08. The van der Waals surface area contributed by atoms with E-state index in [1.807, 2.05) is 0 Å². The molecule has 13 heavy (non-hydrogen) atoms. The zero-order chi connectivity index (χ0) is 9.36. The normalized spacial score (nSPS) is 23.3. The van der Waals surface area contributed by atoms with Gasteiger partial charge < -0.3 is 20.1 Å². The summed E-state index contributed by atoms with van der Waals surface area (Å²) in [6.45, 7) is 5.57. The van der Waals surface area contributed by atoms with Gasteiger partial charge in [-0.3, -0.25) is 0 Å². The fourth-order valence-corrected chi connectivity index (χ4v) is 1.36. The quantitative estimate of drug-likeness (QED) is 0.557. The van der Waals surface area contributed by atoms with Crippen molar-refractivity contribution in [3.05, 3.63) is 0 Å². The molecular weight excluding hydrogens is 168 g/mol. The minimum atomic E-state index is 0.344. The van der Waals surface area contributed by atoms with E-state index >= 15 is 0 Å². The molecule has 1 heterocycles. The molecule has 1 aliphatic heterocycles. The summed E-state index contributed by atoms with van der Waals surface area (Å²) < 4.78 is 10.5. The maximum absolute atomic E-state index is 5.53. The van der Waals surface area contributed by atoms with Crippen molar-refractivity contribution in [3.8, 4) is 0 Å². The van der Waals surface area contributed by atoms with Gasteiger partial charge in [0.2, 0.25) is 0 Å². The molecule has 1 unspecified atom stereocenters. The molecule has 0 aromatic heterocycles. The van der Waals surface area contributed by atoms with E-state index in [1.165, 1.54) is 0 Å². The van der Waals surface area contributed by atoms with Crippen LogP contribution >= 0.6 is 0 Å². The zero-order valence-electron chi connectivity index (χ0n) is 8.34. The van der Waals surface area contributed by atoms with Crippen molar-refractivity contribution in [1.82, 2.24) is 10.6 Å². The Hall–Kier alpha value is -0.160. The Balaban J connectivity index is 1.86. The van der Waals surface area contributed by atoms with E-state index in [2.05, 4.69) is 10.6 Å². The van der Waals surface area contributed by atoms with Gasteiger partial charge in [-0.25, -0.2) is 0 Å². The maximum Gasteiger partial charge on any atom is 0.0824 e. The molecule has 0 saturated carbocycles. The molecule has 0 bridgehead atoms. The highest BCUT2D eigenvalue weighted by Crippen LogP contribution is 1.93. The van der Waals surface area contributed by atoms with Crippen molar-refractivity contribution in [3.63, 3.8) is 0 Å². The predicted molar refractivity (Wildman–Crippen MR) is 52.0 cm³/mol. The van der Waals surface area contributed by atoms with Crippen LogP contribution in [0.5, 0.6) is 0 Å². The first-order valence-electron chi connectivity index (χ1n) is 4.95. The van der Waals surface area contributed by atoms with Gasteiger partial charge in [-0.05, 0) is 13.0 Å². The van der Waals surface area contributed by atoms with Gasteiger partial charge in [0.15, 0.2) is 0 Å². The molecule has 0 aliphatic carbocycles. The number of hydrogen-bond donors (Lipinski definition) is 2. The van der Waals surface area contributed by atoms with Crippen LogP contribution < -0.4 is 10.6 Å². The third-order valence-electron chi connectivity index (χ3n) is 2.08. The molecule has 1 aliphatic rings. The van der Waals surface area contributed by atoms with Crippen LogP contribution in [0.25, 0.3) is 0 Å². The van der Waals surface area contributed by atoms with Crippen LogP contribution in [0.2, 0.25) is 0 Å². The molecule has 1 atom stereocenters. The van der Waals surface area contributed by atoms with Crippen LogP contribution in [0.15, 0.2) is 0 Å². The average molecular weight is 188 g/mol. The minimum absolute atomic E-state index is 0.344. The SMILES string of the molecule is COCCCNCC1CNCCO1. The number of rotatable bonds is 6. The van der Waals surface area contributed by atoms with Crippen LogP contribution in [0.4, 0.5) is 0 Å². The van der Waals surface area contributed by atoms with Gasteiger partial charge in [-0.2, -0.15) is 0 Å². The summed E-state index contributed by atoms with van der Waals surface area (Å²) in [5.41, 5.74) is 0. The van der Waals surface area contributed by atoms with Crippen LogP contribution in [-0.2, 0) is 9.47 Å². The Morgan fingerprint density at radius 2 is 2.54 bits per heavy atom. The van der Waals surface area contributed by atoms with Crippen LogP contribution in [0.3, 0.4) is 0 Å². The van der Waals surface area contributed by atoms with E-state index in [-0.39, 0.29) is 0 Å². The second kappa shape index (κ2) is 7.26. The Labute approximate surface area is 80.0 Å². The lowest BCUT2D eigenvalue weighted by Gasteiger charge is -2.23. The smallest absolute Gasteiger partial charge is 0.0824 e. The Kier molecular flexibility index (Phi) is 6.10. The van der Waals surface area contributed by atoms with Gasteiger partial charge in [0.05, 0.1) is 12.7 Å². The molecule has 1 rings (SSSR count). The average Bonchev–Trinajstić information content (AvgIpc) is 2.19. The molecule has 0 radical (unpaired) electrons. The molecule has 4 nitrogen and oxygen atoms in total. The summed E-state index contributed by atoms with van der Waals surface area (Å²) in [6.07, 6.45) is 1.41. The molecule has 1 saturated heterocycles. The lowest BCUT2D eigenvalue weighted by molar-refractivity contribution is 0.0290. The molecule has 0 aromatic rings. The van der Waals surface area contributed by atoms with Crippen molar-refractivity contribution < 1.29 is 9.47 Å². The van der Waals surface area contributed by atoms with E-state index in [9.17, 15) is 0 Å². The summed E-state index contributed by atoms with van der Waals surface area (Å²) in [4.78, 5) is 0. The van der Waals surface area contributed by atoms with E-state index < -0.39 is 0 Å². The lowest BCUT2D eigenvalue weighted by Crippen LogP contribution is -2.44. The van der Waals surface area contributed by atoms with Gasteiger partial charge in [0.25, 0.3) is 0 Å². The molecule has 1 fully saturated rings. The number of ether oxygens (including phenoxy) is 2. The van der Waals surface area contributed by atoms with Crippen molar-refractivity contribution >= 4 is 0 Å². The number of hydrogen-bond acceptors (Lipinski definition) is 4. The van der Waals surface area contributed by atoms with Gasteiger partial charge in [-0.15, -0.1) is 0 Å². The van der Waals surface area contributed by atoms with Crippen molar-refractivity contribution in [2.24, 2.45) is 0 Å². The Bertz CT molecular complexity index is 116. The molecular formula is C9H20N2O2. The summed E-state index contributed by atoms with van der Waals surface area (Å²) in [7, 11) is 1.73. The summed E-state index contributed by atoms with van der Waals surface area (Å²) in [5.74, 6) is 0. The van der Waals surface area contributed by atoms with Gasteiger partial charge >= 0.3 is 0 Å². The summed E-state index contributed by atoms with van der Waals surface area (Å²) in [6, 6.07) is 0. The van der Waals surface area contributed by atoms with E-state index in [0.717, 1.165) is 45.8 Å². The number of methoxy groups -OCH3 is 1. The van der Waals surface area contributed by atoms with Gasteiger partial charge in [-0.1, -0.05) is 0 Å². The zero-order valence-corrected chi connectivity index (χ0v) is 8.34. The monoisotopic (exact) mass is 188 g/mol. The summed E-state index contributed by atoms with van der Waals surface area (Å²) >= 11 is 0. The van der Waals surface area contributed by atoms with E-state index in [1.54, 1.807) is 7.11 Å². The largest absolute Gasteiger partial charge is 0.385 e.